The van der Waals surface area contributed by atoms with Gasteiger partial charge >= 0.3 is 0 Å². The van der Waals surface area contributed by atoms with E-state index in [-0.39, 0.29) is 11.6 Å². The third-order valence-electron chi connectivity index (χ3n) is 5.22. The van der Waals surface area contributed by atoms with Gasteiger partial charge in [0.05, 0.1) is 0 Å². The van der Waals surface area contributed by atoms with Crippen LogP contribution in [0.15, 0.2) is 84.9 Å². The van der Waals surface area contributed by atoms with Crippen LogP contribution in [-0.2, 0) is 6.42 Å². The number of benzene rings is 4. The van der Waals surface area contributed by atoms with Crippen LogP contribution < -0.4 is 0 Å². The van der Waals surface area contributed by atoms with E-state index in [0.29, 0.717) is 0 Å². The van der Waals surface area contributed by atoms with Crippen molar-refractivity contribution in [2.45, 2.75) is 6.42 Å². The molecular weight excluding hydrogens is 338 g/mol. The minimum atomic E-state index is -0.245. The van der Waals surface area contributed by atoms with Gasteiger partial charge in [0.1, 0.15) is 11.6 Å². The van der Waals surface area contributed by atoms with Gasteiger partial charge in [-0.05, 0) is 81.3 Å². The molecule has 0 spiro atoms. The SMILES string of the molecule is Fc1ccc(-c2cc3c(c(-c4ccc(F)cc4)c2)-c2ccccc2C3)cc1. The monoisotopic (exact) mass is 354 g/mol. The number of rotatable bonds is 2. The van der Waals surface area contributed by atoms with Gasteiger partial charge in [-0.3, -0.25) is 0 Å². The van der Waals surface area contributed by atoms with Gasteiger partial charge in [-0.2, -0.15) is 0 Å². The van der Waals surface area contributed by atoms with Crippen molar-refractivity contribution in [2.75, 3.05) is 0 Å². The van der Waals surface area contributed by atoms with E-state index in [4.69, 9.17) is 0 Å². The molecule has 0 fully saturated rings. The summed E-state index contributed by atoms with van der Waals surface area (Å²) in [6, 6.07) is 25.9. The molecule has 4 aromatic carbocycles. The van der Waals surface area contributed by atoms with E-state index >= 15 is 0 Å². The van der Waals surface area contributed by atoms with Crippen molar-refractivity contribution in [1.82, 2.24) is 0 Å². The van der Waals surface area contributed by atoms with E-state index in [2.05, 4.69) is 36.4 Å². The van der Waals surface area contributed by atoms with Crippen LogP contribution in [0, 0.1) is 11.6 Å². The smallest absolute Gasteiger partial charge is 0.123 e. The quantitative estimate of drug-likeness (QED) is 0.324. The molecule has 130 valence electrons. The van der Waals surface area contributed by atoms with E-state index in [1.807, 2.05) is 12.1 Å². The molecule has 0 aliphatic heterocycles. The molecule has 0 nitrogen and oxygen atoms in total. The molecule has 0 radical (unpaired) electrons. The molecule has 0 saturated carbocycles. The highest BCUT2D eigenvalue weighted by atomic mass is 19.1. The molecular formula is C25H16F2. The Hall–Kier alpha value is -3.26. The van der Waals surface area contributed by atoms with Gasteiger partial charge in [0.15, 0.2) is 0 Å². The topological polar surface area (TPSA) is 0 Å². The van der Waals surface area contributed by atoms with Crippen LogP contribution in [0.1, 0.15) is 11.1 Å². The van der Waals surface area contributed by atoms with Gasteiger partial charge in [-0.25, -0.2) is 8.78 Å². The molecule has 2 heteroatoms. The summed E-state index contributed by atoms with van der Waals surface area (Å²) >= 11 is 0. The Morgan fingerprint density at radius 3 is 1.85 bits per heavy atom. The summed E-state index contributed by atoms with van der Waals surface area (Å²) in [5.74, 6) is -0.489. The van der Waals surface area contributed by atoms with E-state index in [9.17, 15) is 8.78 Å². The lowest BCUT2D eigenvalue weighted by atomic mass is 9.90. The summed E-state index contributed by atoms with van der Waals surface area (Å²) in [6.07, 6.45) is 0.870. The third-order valence-corrected chi connectivity index (χ3v) is 5.22. The van der Waals surface area contributed by atoms with Crippen LogP contribution in [0.2, 0.25) is 0 Å². The lowest BCUT2D eigenvalue weighted by molar-refractivity contribution is 0.627. The van der Waals surface area contributed by atoms with E-state index < -0.39 is 0 Å². The molecule has 1 aliphatic carbocycles. The molecule has 5 rings (SSSR count). The van der Waals surface area contributed by atoms with E-state index in [1.165, 1.54) is 46.5 Å². The maximum Gasteiger partial charge on any atom is 0.123 e. The molecule has 0 saturated heterocycles. The Morgan fingerprint density at radius 2 is 1.15 bits per heavy atom. The minimum Gasteiger partial charge on any atom is -0.207 e. The number of fused-ring (bicyclic) bond motifs is 3. The predicted octanol–water partition coefficient (Wildman–Crippen LogP) is 6.87. The maximum atomic E-state index is 13.5. The average molecular weight is 354 g/mol. The molecule has 0 aromatic heterocycles. The fourth-order valence-electron chi connectivity index (χ4n) is 3.95. The molecule has 0 bridgehead atoms. The van der Waals surface area contributed by atoms with Crippen molar-refractivity contribution in [3.05, 3.63) is 108 Å². The van der Waals surface area contributed by atoms with Crippen molar-refractivity contribution in [2.24, 2.45) is 0 Å². The zero-order valence-electron chi connectivity index (χ0n) is 14.5. The fourth-order valence-corrected chi connectivity index (χ4v) is 3.95. The summed E-state index contributed by atoms with van der Waals surface area (Å²) in [4.78, 5) is 0. The molecule has 0 amide bonds. The van der Waals surface area contributed by atoms with Gasteiger partial charge in [0, 0.05) is 0 Å². The maximum absolute atomic E-state index is 13.5. The first-order valence-electron chi connectivity index (χ1n) is 8.96. The second-order valence-corrected chi connectivity index (χ2v) is 6.91. The van der Waals surface area contributed by atoms with E-state index in [0.717, 1.165) is 28.7 Å². The summed E-state index contributed by atoms with van der Waals surface area (Å²) in [5, 5.41) is 0. The third kappa shape index (κ3) is 2.74. The van der Waals surface area contributed by atoms with Crippen molar-refractivity contribution in [3.8, 4) is 33.4 Å². The lowest BCUT2D eigenvalue weighted by Crippen LogP contribution is -1.90. The van der Waals surface area contributed by atoms with Gasteiger partial charge in [0.25, 0.3) is 0 Å². The number of halogens is 2. The average Bonchev–Trinajstić information content (AvgIpc) is 3.07. The highest BCUT2D eigenvalue weighted by Crippen LogP contribution is 2.45. The van der Waals surface area contributed by atoms with Crippen LogP contribution in [0.3, 0.4) is 0 Å². The minimum absolute atomic E-state index is 0.244. The molecule has 1 aliphatic rings. The Bertz CT molecular complexity index is 1140. The lowest BCUT2D eigenvalue weighted by Gasteiger charge is -2.14. The Kier molecular flexibility index (Phi) is 3.64. The first-order chi connectivity index (χ1) is 13.2. The summed E-state index contributed by atoms with van der Waals surface area (Å²) < 4.78 is 26.8. The molecule has 27 heavy (non-hydrogen) atoms. The largest absolute Gasteiger partial charge is 0.207 e. The van der Waals surface area contributed by atoms with Crippen LogP contribution in [0.4, 0.5) is 8.78 Å². The van der Waals surface area contributed by atoms with Gasteiger partial charge < -0.3 is 0 Å². The van der Waals surface area contributed by atoms with Crippen LogP contribution in [0.5, 0.6) is 0 Å². The molecule has 0 heterocycles. The zero-order valence-corrected chi connectivity index (χ0v) is 14.5. The molecule has 0 N–H and O–H groups in total. The van der Waals surface area contributed by atoms with Crippen LogP contribution in [0.25, 0.3) is 33.4 Å². The van der Waals surface area contributed by atoms with Crippen LogP contribution in [-0.4, -0.2) is 0 Å². The first-order valence-corrected chi connectivity index (χ1v) is 8.96. The summed E-state index contributed by atoms with van der Waals surface area (Å²) in [7, 11) is 0. The highest BCUT2D eigenvalue weighted by molar-refractivity contribution is 5.93. The fraction of sp³-hybridized carbons (Fsp3) is 0.0400. The Balaban J connectivity index is 1.76. The molecule has 0 unspecified atom stereocenters. The summed E-state index contributed by atoms with van der Waals surface area (Å²) in [6.45, 7) is 0. The van der Waals surface area contributed by atoms with Crippen LogP contribution >= 0.6 is 0 Å². The first kappa shape index (κ1) is 16.0. The second kappa shape index (κ2) is 6.17. The standard InChI is InChI=1S/C25H16F2/c26-21-9-5-16(6-10-21)19-14-20-13-18-3-1-2-4-23(18)25(20)24(15-19)17-7-11-22(27)12-8-17/h1-12,14-15H,13H2. The highest BCUT2D eigenvalue weighted by Gasteiger charge is 2.23. The van der Waals surface area contributed by atoms with E-state index in [1.54, 1.807) is 12.1 Å². The zero-order chi connectivity index (χ0) is 18.4. The number of hydrogen-bond donors (Lipinski definition) is 0. The molecule has 4 aromatic rings. The Labute approximate surface area is 156 Å². The Morgan fingerprint density at radius 1 is 0.519 bits per heavy atom. The molecule has 0 atom stereocenters. The van der Waals surface area contributed by atoms with Crippen molar-refractivity contribution < 1.29 is 8.78 Å². The number of hydrogen-bond acceptors (Lipinski definition) is 0. The van der Waals surface area contributed by atoms with Crippen molar-refractivity contribution in [3.63, 3.8) is 0 Å². The normalized spacial score (nSPS) is 11.9. The van der Waals surface area contributed by atoms with Crippen molar-refractivity contribution >= 4 is 0 Å². The second-order valence-electron chi connectivity index (χ2n) is 6.91. The predicted molar refractivity (Wildman–Crippen MR) is 105 cm³/mol. The summed E-state index contributed by atoms with van der Waals surface area (Å²) in [5.41, 5.74) is 9.06. The van der Waals surface area contributed by atoms with Gasteiger partial charge in [-0.1, -0.05) is 54.6 Å². The van der Waals surface area contributed by atoms with Crippen molar-refractivity contribution in [1.29, 1.82) is 0 Å². The van der Waals surface area contributed by atoms with Gasteiger partial charge in [-0.15, -0.1) is 0 Å². The van der Waals surface area contributed by atoms with Gasteiger partial charge in [0.2, 0.25) is 0 Å².